The van der Waals surface area contributed by atoms with Crippen LogP contribution >= 0.6 is 0 Å². The van der Waals surface area contributed by atoms with Gasteiger partial charge in [-0.2, -0.15) is 15.8 Å². The summed E-state index contributed by atoms with van der Waals surface area (Å²) in [7, 11) is 0. The number of fused-ring (bicyclic) bond motifs is 6. The highest BCUT2D eigenvalue weighted by atomic mass is 16.3. The van der Waals surface area contributed by atoms with Crippen LogP contribution in [0.4, 0.5) is 0 Å². The minimum absolute atomic E-state index is 0.380. The lowest BCUT2D eigenvalue weighted by molar-refractivity contribution is 0.670. The van der Waals surface area contributed by atoms with Crippen LogP contribution in [-0.4, -0.2) is 0 Å². The molecular weight excluding hydrogens is 542 g/mol. The summed E-state index contributed by atoms with van der Waals surface area (Å²) < 4.78 is 12.8. The van der Waals surface area contributed by atoms with Crippen LogP contribution in [0.25, 0.3) is 77.3 Å². The van der Waals surface area contributed by atoms with Gasteiger partial charge in [-0.25, -0.2) is 0 Å². The summed E-state index contributed by atoms with van der Waals surface area (Å²) in [6.45, 7) is 0. The lowest BCUT2D eigenvalue weighted by atomic mass is 9.87. The van der Waals surface area contributed by atoms with E-state index in [1.165, 1.54) is 0 Å². The van der Waals surface area contributed by atoms with Gasteiger partial charge in [0, 0.05) is 43.8 Å². The van der Waals surface area contributed by atoms with Crippen LogP contribution in [0.15, 0.2) is 124 Å². The number of para-hydroxylation sites is 4. The van der Waals surface area contributed by atoms with E-state index in [1.54, 1.807) is 18.2 Å². The monoisotopic (exact) mass is 561 g/mol. The molecule has 0 saturated heterocycles. The van der Waals surface area contributed by atoms with Crippen LogP contribution in [0.1, 0.15) is 16.7 Å². The van der Waals surface area contributed by atoms with Gasteiger partial charge in [0.05, 0.1) is 28.8 Å². The second kappa shape index (κ2) is 9.74. The summed E-state index contributed by atoms with van der Waals surface area (Å²) in [6.07, 6.45) is 0. The maximum atomic E-state index is 10.8. The molecule has 5 nitrogen and oxygen atoms in total. The highest BCUT2D eigenvalue weighted by Crippen LogP contribution is 2.44. The first-order valence-electron chi connectivity index (χ1n) is 14.0. The third-order valence-electron chi connectivity index (χ3n) is 8.16. The van der Waals surface area contributed by atoms with Crippen molar-refractivity contribution in [2.45, 2.75) is 0 Å². The normalized spacial score (nSPS) is 11.1. The summed E-state index contributed by atoms with van der Waals surface area (Å²) >= 11 is 0. The van der Waals surface area contributed by atoms with Crippen molar-refractivity contribution in [1.29, 1.82) is 15.8 Å². The molecule has 0 atom stereocenters. The van der Waals surface area contributed by atoms with Gasteiger partial charge in [-0.1, -0.05) is 72.8 Å². The smallest absolute Gasteiger partial charge is 0.143 e. The number of rotatable bonds is 3. The average Bonchev–Trinajstić information content (AvgIpc) is 3.66. The number of hydrogen-bond acceptors (Lipinski definition) is 5. The van der Waals surface area contributed by atoms with E-state index in [2.05, 4.69) is 18.2 Å². The number of nitriles is 3. The second-order valence-corrected chi connectivity index (χ2v) is 10.6. The fraction of sp³-hybridized carbons (Fsp3) is 0. The molecule has 0 unspecified atom stereocenters. The van der Waals surface area contributed by atoms with Crippen LogP contribution in [0.5, 0.6) is 0 Å². The van der Waals surface area contributed by atoms with Gasteiger partial charge in [-0.15, -0.1) is 0 Å². The van der Waals surface area contributed by atoms with Gasteiger partial charge in [-0.3, -0.25) is 0 Å². The van der Waals surface area contributed by atoms with Gasteiger partial charge in [0.25, 0.3) is 0 Å². The second-order valence-electron chi connectivity index (χ2n) is 10.6. The van der Waals surface area contributed by atoms with Gasteiger partial charge >= 0.3 is 0 Å². The lowest BCUT2D eigenvalue weighted by Gasteiger charge is -2.15. The molecule has 44 heavy (non-hydrogen) atoms. The minimum atomic E-state index is 0.380. The maximum absolute atomic E-state index is 10.8. The Morgan fingerprint density at radius 3 is 1.34 bits per heavy atom. The molecule has 0 N–H and O–H groups in total. The minimum Gasteiger partial charge on any atom is -0.455 e. The Balaban J connectivity index is 1.50. The van der Waals surface area contributed by atoms with Crippen molar-refractivity contribution in [3.63, 3.8) is 0 Å². The average molecular weight is 562 g/mol. The zero-order valence-electron chi connectivity index (χ0n) is 23.1. The van der Waals surface area contributed by atoms with Crippen molar-refractivity contribution in [3.05, 3.63) is 132 Å². The van der Waals surface area contributed by atoms with E-state index in [0.29, 0.717) is 44.5 Å². The van der Waals surface area contributed by atoms with Crippen molar-refractivity contribution in [1.82, 2.24) is 0 Å². The summed E-state index contributed by atoms with van der Waals surface area (Å²) in [5, 5.41) is 34.1. The molecule has 0 amide bonds. The third kappa shape index (κ3) is 3.77. The first kappa shape index (κ1) is 25.1. The van der Waals surface area contributed by atoms with E-state index in [1.807, 2.05) is 97.1 Å². The first-order chi connectivity index (χ1) is 21.7. The van der Waals surface area contributed by atoms with Crippen molar-refractivity contribution >= 4 is 43.9 Å². The van der Waals surface area contributed by atoms with Crippen LogP contribution in [0.2, 0.25) is 0 Å². The molecule has 0 saturated carbocycles. The first-order valence-corrected chi connectivity index (χ1v) is 14.0. The molecule has 0 aliphatic rings. The largest absolute Gasteiger partial charge is 0.455 e. The van der Waals surface area contributed by atoms with Gasteiger partial charge in [0.15, 0.2) is 0 Å². The molecule has 0 aliphatic carbocycles. The Bertz CT molecular complexity index is 2430. The van der Waals surface area contributed by atoms with E-state index < -0.39 is 0 Å². The molecule has 0 bridgehead atoms. The third-order valence-corrected chi connectivity index (χ3v) is 8.16. The fourth-order valence-corrected chi connectivity index (χ4v) is 6.20. The van der Waals surface area contributed by atoms with Crippen molar-refractivity contribution < 1.29 is 8.83 Å². The SMILES string of the molecule is N#Cc1cc(C#N)cc(-c2cc(-c3cccc4c3oc3ccccc34)c(C#N)c(-c3cccc4c3oc3ccccc34)c2)c1. The Labute approximate surface area is 251 Å². The molecule has 0 aliphatic heterocycles. The van der Waals surface area contributed by atoms with Crippen molar-refractivity contribution in [3.8, 4) is 51.6 Å². The molecule has 2 aromatic heterocycles. The Morgan fingerprint density at radius 2 is 0.864 bits per heavy atom. The van der Waals surface area contributed by atoms with Crippen LogP contribution in [-0.2, 0) is 0 Å². The van der Waals surface area contributed by atoms with Crippen molar-refractivity contribution in [2.24, 2.45) is 0 Å². The number of nitrogens with zero attached hydrogens (tertiary/aromatic N) is 3. The molecule has 5 heteroatoms. The van der Waals surface area contributed by atoms with E-state index in [0.717, 1.165) is 49.4 Å². The lowest BCUT2D eigenvalue weighted by Crippen LogP contribution is -1.94. The van der Waals surface area contributed by atoms with E-state index >= 15 is 0 Å². The van der Waals surface area contributed by atoms with Crippen molar-refractivity contribution in [2.75, 3.05) is 0 Å². The van der Waals surface area contributed by atoms with Crippen LogP contribution in [0, 0.1) is 34.0 Å². The molecule has 0 fully saturated rings. The summed E-state index contributed by atoms with van der Waals surface area (Å²) in [5.74, 6) is 0. The van der Waals surface area contributed by atoms with Crippen LogP contribution < -0.4 is 0 Å². The number of hydrogen-bond donors (Lipinski definition) is 0. The quantitative estimate of drug-likeness (QED) is 0.214. The highest BCUT2D eigenvalue weighted by molar-refractivity contribution is 6.12. The molecule has 202 valence electrons. The van der Waals surface area contributed by atoms with Gasteiger partial charge in [-0.05, 0) is 53.6 Å². The zero-order chi connectivity index (χ0) is 29.8. The zero-order valence-corrected chi connectivity index (χ0v) is 23.1. The van der Waals surface area contributed by atoms with Gasteiger partial charge in [0.2, 0.25) is 0 Å². The summed E-state index contributed by atoms with van der Waals surface area (Å²) in [5.41, 5.74) is 8.45. The summed E-state index contributed by atoms with van der Waals surface area (Å²) in [4.78, 5) is 0. The maximum Gasteiger partial charge on any atom is 0.143 e. The predicted molar refractivity (Wildman–Crippen MR) is 171 cm³/mol. The Hall–Kier alpha value is -6.61. The standard InChI is InChI=1S/C39H19N3O2/c40-20-23-15-24(21-41)17-25(16-23)26-18-33(31-11-5-9-29-27-7-1-3-13-36(27)43-38(29)31)35(22-42)34(19-26)32-12-6-10-30-28-8-2-4-14-37(28)44-39(30)32/h1-19H. The number of benzene rings is 6. The van der Waals surface area contributed by atoms with E-state index in [-0.39, 0.29) is 0 Å². The highest BCUT2D eigenvalue weighted by Gasteiger charge is 2.22. The molecule has 6 aromatic carbocycles. The Kier molecular flexibility index (Phi) is 5.56. The molecular formula is C39H19N3O2. The molecule has 0 spiro atoms. The summed E-state index contributed by atoms with van der Waals surface area (Å²) in [6, 6.07) is 43.5. The van der Waals surface area contributed by atoms with Gasteiger partial charge in [0.1, 0.15) is 28.4 Å². The van der Waals surface area contributed by atoms with Gasteiger partial charge < -0.3 is 8.83 Å². The van der Waals surface area contributed by atoms with E-state index in [9.17, 15) is 15.8 Å². The fourth-order valence-electron chi connectivity index (χ4n) is 6.20. The molecule has 2 heterocycles. The molecule has 8 rings (SSSR count). The topological polar surface area (TPSA) is 97.6 Å². The number of furan rings is 2. The van der Waals surface area contributed by atoms with E-state index in [4.69, 9.17) is 8.83 Å². The molecule has 0 radical (unpaired) electrons. The molecule has 8 aromatic rings. The Morgan fingerprint density at radius 1 is 0.409 bits per heavy atom. The van der Waals surface area contributed by atoms with Crippen LogP contribution in [0.3, 0.4) is 0 Å². The predicted octanol–water partition coefficient (Wildman–Crippen LogP) is 10.1.